The van der Waals surface area contributed by atoms with Crippen molar-refractivity contribution in [3.05, 3.63) is 29.3 Å². The number of halogens is 4. The minimum absolute atomic E-state index is 0.291. The molecule has 1 aromatic rings. The van der Waals surface area contributed by atoms with Gasteiger partial charge in [-0.1, -0.05) is 0 Å². The third-order valence-electron chi connectivity index (χ3n) is 1.60. The quantitative estimate of drug-likeness (QED) is 0.614. The van der Waals surface area contributed by atoms with Gasteiger partial charge in [0.15, 0.2) is 10.9 Å². The molecule has 0 amide bonds. The van der Waals surface area contributed by atoms with E-state index in [-0.39, 0.29) is 10.8 Å². The van der Waals surface area contributed by atoms with Crippen LogP contribution in [0.3, 0.4) is 0 Å². The molecular weight excluding hydrogens is 232 g/mol. The van der Waals surface area contributed by atoms with Gasteiger partial charge in [-0.05, 0) is 24.4 Å². The normalized spacial score (nSPS) is 10.5. The zero-order valence-electron chi connectivity index (χ0n) is 7.23. The van der Waals surface area contributed by atoms with Gasteiger partial charge in [0.1, 0.15) is 5.82 Å². The van der Waals surface area contributed by atoms with E-state index in [1.165, 1.54) is 0 Å². The van der Waals surface area contributed by atoms with E-state index in [0.29, 0.717) is 6.07 Å². The molecule has 0 atom stereocenters. The molecule has 0 radical (unpaired) electrons. The Balaban J connectivity index is 3.22. The maximum Gasteiger partial charge on any atom is 0.269 e. The van der Waals surface area contributed by atoms with Gasteiger partial charge in [0.05, 0.1) is 11.3 Å². The third-order valence-corrected chi connectivity index (χ3v) is 1.70. The van der Waals surface area contributed by atoms with Crippen LogP contribution in [-0.4, -0.2) is 5.11 Å². The lowest BCUT2D eigenvalue weighted by molar-refractivity contribution is 0.141. The van der Waals surface area contributed by atoms with Crippen molar-refractivity contribution in [3.8, 4) is 0 Å². The monoisotopic (exact) mass is 238 g/mol. The molecule has 0 heterocycles. The van der Waals surface area contributed by atoms with Crippen LogP contribution in [0.5, 0.6) is 0 Å². The van der Waals surface area contributed by atoms with Crippen LogP contribution in [0.4, 0.5) is 23.2 Å². The van der Waals surface area contributed by atoms with Gasteiger partial charge in [0, 0.05) is 0 Å². The van der Waals surface area contributed by atoms with E-state index in [1.54, 1.807) is 0 Å². The molecule has 0 unspecified atom stereocenters. The molecule has 1 aromatic carbocycles. The summed E-state index contributed by atoms with van der Waals surface area (Å²) in [4.78, 5) is 0. The van der Waals surface area contributed by atoms with E-state index < -0.39 is 23.6 Å². The van der Waals surface area contributed by atoms with Crippen molar-refractivity contribution in [3.63, 3.8) is 0 Å². The summed E-state index contributed by atoms with van der Waals surface area (Å²) in [5.41, 5.74) is 3.36. The molecule has 0 aliphatic carbocycles. The molecule has 0 saturated heterocycles. The molecule has 0 spiro atoms. The molecule has 0 fully saturated rings. The molecule has 0 aliphatic rings. The molecule has 2 nitrogen and oxygen atoms in total. The first kappa shape index (κ1) is 11.7. The van der Waals surface area contributed by atoms with Crippen LogP contribution in [0.1, 0.15) is 12.0 Å². The summed E-state index contributed by atoms with van der Waals surface area (Å²) >= 11 is 4.40. The van der Waals surface area contributed by atoms with Gasteiger partial charge in [-0.25, -0.2) is 17.6 Å². The largest absolute Gasteiger partial charge is 0.376 e. The summed E-state index contributed by atoms with van der Waals surface area (Å²) in [6.07, 6.45) is -3.24. The lowest BCUT2D eigenvalue weighted by Crippen LogP contribution is -2.20. The summed E-state index contributed by atoms with van der Waals surface area (Å²) in [6.45, 7) is 0. The first-order valence-electron chi connectivity index (χ1n) is 3.76. The molecule has 3 N–H and O–H groups in total. The number of thiocarbonyl (C=S) groups is 1. The fourth-order valence-corrected chi connectivity index (χ4v) is 1.11. The smallest absolute Gasteiger partial charge is 0.269 e. The Kier molecular flexibility index (Phi) is 3.46. The van der Waals surface area contributed by atoms with Gasteiger partial charge < -0.3 is 11.1 Å². The Morgan fingerprint density at radius 2 is 1.93 bits per heavy atom. The number of hydrogen-bond acceptors (Lipinski definition) is 1. The van der Waals surface area contributed by atoms with E-state index in [4.69, 9.17) is 5.73 Å². The average molecular weight is 238 g/mol. The number of nitrogens with two attached hydrogens (primary N) is 1. The first-order valence-corrected chi connectivity index (χ1v) is 4.16. The van der Waals surface area contributed by atoms with Crippen LogP contribution in [-0.2, 0) is 0 Å². The Morgan fingerprint density at radius 3 is 2.40 bits per heavy atom. The topological polar surface area (TPSA) is 38.0 Å². The maximum atomic E-state index is 13.2. The number of anilines is 1. The predicted octanol–water partition coefficient (Wildman–Crippen LogP) is 2.56. The average Bonchev–Trinajstić information content (AvgIpc) is 2.09. The van der Waals surface area contributed by atoms with Crippen LogP contribution in [0.2, 0.25) is 0 Å². The fraction of sp³-hybridized carbons (Fsp3) is 0.125. The van der Waals surface area contributed by atoms with Crippen molar-refractivity contribution in [1.29, 1.82) is 0 Å². The molecule has 1 rings (SSSR count). The second kappa shape index (κ2) is 4.43. The third kappa shape index (κ3) is 2.56. The molecule has 0 aromatic heterocycles. The van der Waals surface area contributed by atoms with Crippen LogP contribution < -0.4 is 11.1 Å². The molecular formula is C8H6F4N2S. The van der Waals surface area contributed by atoms with Gasteiger partial charge >= 0.3 is 0 Å². The molecule has 82 valence electrons. The summed E-state index contributed by atoms with van der Waals surface area (Å²) in [5.74, 6) is -2.70. The second-order valence-corrected chi connectivity index (χ2v) is 3.05. The number of nitrogens with one attached hydrogen (secondary N) is 1. The SMILES string of the molecule is NC(=S)Nc1ccc(F)c(C(F)F)c1F. The summed E-state index contributed by atoms with van der Waals surface area (Å²) in [7, 11) is 0. The van der Waals surface area contributed by atoms with Crippen molar-refractivity contribution in [1.82, 2.24) is 0 Å². The van der Waals surface area contributed by atoms with E-state index in [9.17, 15) is 17.6 Å². The van der Waals surface area contributed by atoms with Crippen molar-refractivity contribution in [2.24, 2.45) is 5.73 Å². The summed E-state index contributed by atoms with van der Waals surface area (Å²) in [6, 6.07) is 1.65. The van der Waals surface area contributed by atoms with Gasteiger partial charge in [-0.3, -0.25) is 0 Å². The van der Waals surface area contributed by atoms with E-state index in [1.807, 2.05) is 0 Å². The first-order chi connectivity index (χ1) is 6.93. The zero-order valence-corrected chi connectivity index (χ0v) is 8.05. The Labute approximate surface area is 88.1 Å². The number of alkyl halides is 2. The fourth-order valence-electron chi connectivity index (χ4n) is 0.999. The van der Waals surface area contributed by atoms with E-state index >= 15 is 0 Å². The standard InChI is InChI=1S/C8H6F4N2S/c9-3-1-2-4(14-8(13)15)6(10)5(3)7(11)12/h1-2,7H,(H3,13,14,15). The number of benzene rings is 1. The summed E-state index contributed by atoms with van der Waals surface area (Å²) in [5, 5.41) is 1.84. The van der Waals surface area contributed by atoms with Gasteiger partial charge in [0.2, 0.25) is 0 Å². The van der Waals surface area contributed by atoms with E-state index in [0.717, 1.165) is 6.07 Å². The van der Waals surface area contributed by atoms with E-state index in [2.05, 4.69) is 17.5 Å². The predicted molar refractivity (Wildman–Crippen MR) is 51.7 cm³/mol. The molecule has 7 heteroatoms. The number of hydrogen-bond donors (Lipinski definition) is 2. The molecule has 15 heavy (non-hydrogen) atoms. The molecule has 0 saturated carbocycles. The summed E-state index contributed by atoms with van der Waals surface area (Å²) < 4.78 is 50.5. The highest BCUT2D eigenvalue weighted by molar-refractivity contribution is 7.80. The molecule has 0 bridgehead atoms. The Hall–Kier alpha value is -1.37. The van der Waals surface area contributed by atoms with Gasteiger partial charge in [-0.2, -0.15) is 0 Å². The van der Waals surface area contributed by atoms with Crippen molar-refractivity contribution in [2.75, 3.05) is 5.32 Å². The Bertz CT molecular complexity index is 394. The lowest BCUT2D eigenvalue weighted by Gasteiger charge is -2.09. The maximum absolute atomic E-state index is 13.2. The van der Waals surface area contributed by atoms with Gasteiger partial charge in [0.25, 0.3) is 6.43 Å². The molecule has 0 aliphatic heterocycles. The van der Waals surface area contributed by atoms with Crippen LogP contribution in [0.15, 0.2) is 12.1 Å². The highest BCUT2D eigenvalue weighted by Gasteiger charge is 2.21. The van der Waals surface area contributed by atoms with Crippen molar-refractivity contribution < 1.29 is 17.6 Å². The number of rotatable bonds is 2. The second-order valence-electron chi connectivity index (χ2n) is 2.61. The van der Waals surface area contributed by atoms with Gasteiger partial charge in [-0.15, -0.1) is 0 Å². The minimum Gasteiger partial charge on any atom is -0.376 e. The van der Waals surface area contributed by atoms with Crippen LogP contribution >= 0.6 is 12.2 Å². The van der Waals surface area contributed by atoms with Crippen molar-refractivity contribution in [2.45, 2.75) is 6.43 Å². The van der Waals surface area contributed by atoms with Crippen molar-refractivity contribution >= 4 is 23.0 Å². The lowest BCUT2D eigenvalue weighted by atomic mass is 10.1. The highest BCUT2D eigenvalue weighted by atomic mass is 32.1. The van der Waals surface area contributed by atoms with Crippen LogP contribution in [0.25, 0.3) is 0 Å². The Morgan fingerprint density at radius 1 is 1.33 bits per heavy atom. The highest BCUT2D eigenvalue weighted by Crippen LogP contribution is 2.29. The van der Waals surface area contributed by atoms with Crippen LogP contribution in [0, 0.1) is 11.6 Å². The zero-order chi connectivity index (χ0) is 11.6. The minimum atomic E-state index is -3.24.